The van der Waals surface area contributed by atoms with E-state index in [0.717, 1.165) is 5.56 Å². The number of benzene rings is 1. The average Bonchev–Trinajstić information content (AvgIpc) is 2.79. The molecule has 0 unspecified atom stereocenters. The zero-order valence-electron chi connectivity index (χ0n) is 10.2. The van der Waals surface area contributed by atoms with Crippen molar-refractivity contribution in [2.24, 2.45) is 0 Å². The van der Waals surface area contributed by atoms with Crippen LogP contribution in [-0.2, 0) is 6.54 Å². The summed E-state index contributed by atoms with van der Waals surface area (Å²) in [4.78, 5) is 14.3. The molecule has 2 rings (SSSR count). The largest absolute Gasteiger partial charge is 0.358 e. The van der Waals surface area contributed by atoms with Gasteiger partial charge in [0.05, 0.1) is 0 Å². The van der Waals surface area contributed by atoms with Crippen LogP contribution in [0.3, 0.4) is 0 Å². The zero-order chi connectivity index (χ0) is 13.8. The Balaban J connectivity index is 2.12. The maximum atomic E-state index is 10.9. The van der Waals surface area contributed by atoms with Gasteiger partial charge in [-0.15, -0.1) is 0 Å². The lowest BCUT2D eigenvalue weighted by atomic mass is 10.2. The number of nitro groups is 1. The van der Waals surface area contributed by atoms with Crippen LogP contribution in [-0.4, -0.2) is 19.6 Å². The van der Waals surface area contributed by atoms with E-state index in [1.54, 1.807) is 6.92 Å². The highest BCUT2D eigenvalue weighted by molar-refractivity contribution is 7.80. The smallest absolute Gasteiger partial charge is 0.349 e. The quantitative estimate of drug-likeness (QED) is 0.527. The van der Waals surface area contributed by atoms with Crippen LogP contribution in [0, 0.1) is 17.0 Å². The fourth-order valence-electron chi connectivity index (χ4n) is 1.66. The summed E-state index contributed by atoms with van der Waals surface area (Å²) in [7, 11) is 0. The Labute approximate surface area is 115 Å². The highest BCUT2D eigenvalue weighted by atomic mass is 32.1. The van der Waals surface area contributed by atoms with Crippen LogP contribution in [0.15, 0.2) is 36.5 Å². The van der Waals surface area contributed by atoms with Crippen molar-refractivity contribution < 1.29 is 4.92 Å². The van der Waals surface area contributed by atoms with Crippen molar-refractivity contribution in [2.45, 2.75) is 13.5 Å². The van der Waals surface area contributed by atoms with Gasteiger partial charge < -0.3 is 15.4 Å². The van der Waals surface area contributed by atoms with E-state index in [2.05, 4.69) is 10.3 Å². The Kier molecular flexibility index (Phi) is 3.86. The molecule has 98 valence electrons. The molecule has 1 N–H and O–H groups in total. The van der Waals surface area contributed by atoms with Gasteiger partial charge in [-0.05, 0) is 22.7 Å². The van der Waals surface area contributed by atoms with Crippen LogP contribution in [0.1, 0.15) is 11.4 Å². The zero-order valence-corrected chi connectivity index (χ0v) is 11.1. The van der Waals surface area contributed by atoms with Crippen LogP contribution < -0.4 is 5.32 Å². The number of hydrogen-bond donors (Lipinski definition) is 1. The van der Waals surface area contributed by atoms with Gasteiger partial charge in [-0.2, -0.15) is 4.57 Å². The molecule has 0 atom stereocenters. The summed E-state index contributed by atoms with van der Waals surface area (Å²) in [5, 5.41) is 14.1. The summed E-state index contributed by atoms with van der Waals surface area (Å²) in [6, 6.07) is 9.66. The molecule has 0 fully saturated rings. The van der Waals surface area contributed by atoms with E-state index in [1.165, 1.54) is 10.8 Å². The fraction of sp³-hybridized carbons (Fsp3) is 0.167. The Bertz CT molecular complexity index is 609. The second-order valence-corrected chi connectivity index (χ2v) is 4.29. The van der Waals surface area contributed by atoms with Gasteiger partial charge in [0.1, 0.15) is 6.20 Å². The second-order valence-electron chi connectivity index (χ2n) is 3.90. The number of nitrogens with one attached hydrogen (secondary N) is 1. The van der Waals surface area contributed by atoms with E-state index in [9.17, 15) is 10.1 Å². The summed E-state index contributed by atoms with van der Waals surface area (Å²) in [5.41, 5.74) is 1.05. The van der Waals surface area contributed by atoms with Crippen molar-refractivity contribution in [2.75, 3.05) is 0 Å². The van der Waals surface area contributed by atoms with Gasteiger partial charge in [0.2, 0.25) is 5.82 Å². The van der Waals surface area contributed by atoms with Gasteiger partial charge in [-0.1, -0.05) is 30.3 Å². The third-order valence-corrected chi connectivity index (χ3v) is 2.92. The van der Waals surface area contributed by atoms with Gasteiger partial charge in [0.15, 0.2) is 0 Å². The van der Waals surface area contributed by atoms with Crippen molar-refractivity contribution in [3.8, 4) is 0 Å². The molecule has 0 spiro atoms. The Hall–Kier alpha value is -2.28. The van der Waals surface area contributed by atoms with Gasteiger partial charge in [0.25, 0.3) is 5.11 Å². The number of aryl methyl sites for hydroxylation is 1. The standard InChI is InChI=1S/C12H12N4O2S/c1-9-13-8-11(16(17)18)15(9)12(19)14-7-10-5-3-2-4-6-10/h2-6,8H,7H2,1H3,(H,14,19). The minimum absolute atomic E-state index is 0.136. The number of aromatic nitrogens is 2. The van der Waals surface area contributed by atoms with Crippen molar-refractivity contribution >= 4 is 23.1 Å². The van der Waals surface area contributed by atoms with Crippen LogP contribution in [0.5, 0.6) is 0 Å². The predicted octanol–water partition coefficient (Wildman–Crippen LogP) is 2.02. The molecule has 0 aliphatic carbocycles. The molecule has 1 aromatic carbocycles. The number of nitrogens with zero attached hydrogens (tertiary/aromatic N) is 3. The number of thiocarbonyl (C=S) groups is 1. The number of imidazole rings is 1. The molecule has 0 aliphatic heterocycles. The lowest BCUT2D eigenvalue weighted by molar-refractivity contribution is -0.390. The number of hydrogen-bond acceptors (Lipinski definition) is 4. The minimum Gasteiger partial charge on any atom is -0.358 e. The molecular formula is C12H12N4O2S. The van der Waals surface area contributed by atoms with Crippen LogP contribution in [0.4, 0.5) is 5.82 Å². The summed E-state index contributed by atoms with van der Waals surface area (Å²) in [5.74, 6) is 0.348. The van der Waals surface area contributed by atoms with E-state index in [0.29, 0.717) is 12.4 Å². The third-order valence-electron chi connectivity index (χ3n) is 2.60. The van der Waals surface area contributed by atoms with E-state index < -0.39 is 4.92 Å². The highest BCUT2D eigenvalue weighted by Crippen LogP contribution is 2.13. The van der Waals surface area contributed by atoms with Crippen molar-refractivity contribution in [3.63, 3.8) is 0 Å². The van der Waals surface area contributed by atoms with Crippen molar-refractivity contribution in [1.29, 1.82) is 0 Å². The van der Waals surface area contributed by atoms with Crippen LogP contribution in [0.25, 0.3) is 0 Å². The first-order valence-corrected chi connectivity index (χ1v) is 6.01. The molecule has 0 aliphatic rings. The topological polar surface area (TPSA) is 73.0 Å². The lowest BCUT2D eigenvalue weighted by Crippen LogP contribution is -2.29. The van der Waals surface area contributed by atoms with E-state index in [1.807, 2.05) is 30.3 Å². The first-order chi connectivity index (χ1) is 9.09. The monoisotopic (exact) mass is 276 g/mol. The van der Waals surface area contributed by atoms with Crippen LogP contribution in [0.2, 0.25) is 0 Å². The summed E-state index contributed by atoms with van der Waals surface area (Å²) < 4.78 is 1.32. The molecule has 2 aromatic rings. The average molecular weight is 276 g/mol. The van der Waals surface area contributed by atoms with E-state index >= 15 is 0 Å². The Morgan fingerprint density at radius 1 is 1.47 bits per heavy atom. The van der Waals surface area contributed by atoms with E-state index in [4.69, 9.17) is 12.2 Å². The molecule has 0 bridgehead atoms. The molecular weight excluding hydrogens is 264 g/mol. The predicted molar refractivity (Wildman–Crippen MR) is 74.9 cm³/mol. The summed E-state index contributed by atoms with van der Waals surface area (Å²) >= 11 is 5.18. The second kappa shape index (κ2) is 5.57. The lowest BCUT2D eigenvalue weighted by Gasteiger charge is -2.07. The molecule has 0 saturated heterocycles. The SMILES string of the molecule is Cc1ncc([N+](=O)[O-])n1C(=S)NCc1ccccc1. The fourth-order valence-corrected chi connectivity index (χ4v) is 1.96. The molecule has 0 saturated carbocycles. The molecule has 0 amide bonds. The maximum absolute atomic E-state index is 10.9. The Morgan fingerprint density at radius 3 is 2.79 bits per heavy atom. The van der Waals surface area contributed by atoms with Crippen molar-refractivity contribution in [1.82, 2.24) is 14.9 Å². The van der Waals surface area contributed by atoms with Gasteiger partial charge in [-0.25, -0.2) is 4.98 Å². The maximum Gasteiger partial charge on any atom is 0.349 e. The first kappa shape index (κ1) is 13.2. The van der Waals surface area contributed by atoms with Gasteiger partial charge >= 0.3 is 5.82 Å². The molecule has 6 nitrogen and oxygen atoms in total. The summed E-state index contributed by atoms with van der Waals surface area (Å²) in [6.07, 6.45) is 1.20. The van der Waals surface area contributed by atoms with Crippen molar-refractivity contribution in [3.05, 3.63) is 58.0 Å². The minimum atomic E-state index is -0.503. The Morgan fingerprint density at radius 2 is 2.16 bits per heavy atom. The van der Waals surface area contributed by atoms with E-state index in [-0.39, 0.29) is 10.9 Å². The van der Waals surface area contributed by atoms with Gasteiger partial charge in [-0.3, -0.25) is 0 Å². The normalized spacial score (nSPS) is 10.2. The molecule has 1 heterocycles. The highest BCUT2D eigenvalue weighted by Gasteiger charge is 2.21. The summed E-state index contributed by atoms with van der Waals surface area (Å²) in [6.45, 7) is 2.18. The number of rotatable bonds is 3. The van der Waals surface area contributed by atoms with Gasteiger partial charge in [0, 0.05) is 13.5 Å². The molecule has 7 heteroatoms. The molecule has 1 aromatic heterocycles. The molecule has 19 heavy (non-hydrogen) atoms. The molecule has 0 radical (unpaired) electrons. The third kappa shape index (κ3) is 2.94. The first-order valence-electron chi connectivity index (χ1n) is 5.60. The van der Waals surface area contributed by atoms with Crippen LogP contribution >= 0.6 is 12.2 Å².